The van der Waals surface area contributed by atoms with Crippen molar-refractivity contribution in [1.82, 2.24) is 15.1 Å². The number of hydrogen-bond donors (Lipinski definition) is 1. The van der Waals surface area contributed by atoms with Crippen LogP contribution in [0.3, 0.4) is 0 Å². The van der Waals surface area contributed by atoms with E-state index in [2.05, 4.69) is 20.4 Å². The number of halogens is 1. The van der Waals surface area contributed by atoms with Crippen molar-refractivity contribution in [3.8, 4) is 0 Å². The SMILES string of the molecule is O=C(CSc1nnc(NCc2ccc(F)cc2)s1)N1CCCC2CCCCC21. The number of carbonyl (C=O) groups excluding carboxylic acids is 1. The summed E-state index contributed by atoms with van der Waals surface area (Å²) < 4.78 is 13.8. The molecule has 1 aromatic heterocycles. The van der Waals surface area contributed by atoms with Gasteiger partial charge in [0.2, 0.25) is 11.0 Å². The lowest BCUT2D eigenvalue weighted by Crippen LogP contribution is -2.50. The number of thioether (sulfide) groups is 1. The van der Waals surface area contributed by atoms with Gasteiger partial charge in [-0.1, -0.05) is 48.1 Å². The van der Waals surface area contributed by atoms with Gasteiger partial charge in [0.25, 0.3) is 0 Å². The first-order chi connectivity index (χ1) is 13.7. The first-order valence-corrected chi connectivity index (χ1v) is 11.7. The zero-order valence-electron chi connectivity index (χ0n) is 15.8. The maximum atomic E-state index is 13.0. The van der Waals surface area contributed by atoms with Crippen molar-refractivity contribution >= 4 is 34.1 Å². The molecule has 2 heterocycles. The summed E-state index contributed by atoms with van der Waals surface area (Å²) in [6.07, 6.45) is 7.42. The minimum atomic E-state index is -0.240. The van der Waals surface area contributed by atoms with E-state index in [1.165, 1.54) is 60.9 Å². The summed E-state index contributed by atoms with van der Waals surface area (Å²) in [5, 5.41) is 12.2. The van der Waals surface area contributed by atoms with Crippen LogP contribution in [0.1, 0.15) is 44.1 Å². The Morgan fingerprint density at radius 2 is 1.96 bits per heavy atom. The zero-order valence-corrected chi connectivity index (χ0v) is 17.4. The van der Waals surface area contributed by atoms with Gasteiger partial charge >= 0.3 is 0 Å². The average molecular weight is 421 g/mol. The van der Waals surface area contributed by atoms with E-state index in [0.29, 0.717) is 29.4 Å². The van der Waals surface area contributed by atoms with Crippen molar-refractivity contribution < 1.29 is 9.18 Å². The van der Waals surface area contributed by atoms with Gasteiger partial charge in [0.15, 0.2) is 4.34 Å². The Morgan fingerprint density at radius 1 is 1.18 bits per heavy atom. The Labute approximate surface area is 173 Å². The smallest absolute Gasteiger partial charge is 0.233 e. The number of fused-ring (bicyclic) bond motifs is 1. The Bertz CT molecular complexity index is 796. The summed E-state index contributed by atoms with van der Waals surface area (Å²) >= 11 is 2.92. The number of likely N-dealkylation sites (tertiary alicyclic amines) is 1. The van der Waals surface area contributed by atoms with Crippen molar-refractivity contribution in [2.45, 2.75) is 55.5 Å². The summed E-state index contributed by atoms with van der Waals surface area (Å²) in [6.45, 7) is 1.47. The van der Waals surface area contributed by atoms with Crippen LogP contribution in [0, 0.1) is 11.7 Å². The van der Waals surface area contributed by atoms with Gasteiger partial charge in [-0.05, 0) is 49.3 Å². The maximum absolute atomic E-state index is 13.0. The van der Waals surface area contributed by atoms with Gasteiger partial charge in [-0.3, -0.25) is 4.79 Å². The van der Waals surface area contributed by atoms with E-state index in [1.807, 2.05) is 0 Å². The average Bonchev–Trinajstić information content (AvgIpc) is 3.19. The summed E-state index contributed by atoms with van der Waals surface area (Å²) in [5.41, 5.74) is 0.980. The second-order valence-electron chi connectivity index (χ2n) is 7.48. The molecule has 0 spiro atoms. The molecule has 1 saturated heterocycles. The topological polar surface area (TPSA) is 58.1 Å². The van der Waals surface area contributed by atoms with E-state index in [-0.39, 0.29) is 11.7 Å². The molecule has 1 saturated carbocycles. The van der Waals surface area contributed by atoms with Crippen LogP contribution in [0.4, 0.5) is 9.52 Å². The molecule has 4 rings (SSSR count). The van der Waals surface area contributed by atoms with Gasteiger partial charge in [0.05, 0.1) is 5.75 Å². The highest BCUT2D eigenvalue weighted by Gasteiger charge is 2.35. The highest BCUT2D eigenvalue weighted by atomic mass is 32.2. The van der Waals surface area contributed by atoms with E-state index in [1.54, 1.807) is 12.1 Å². The highest BCUT2D eigenvalue weighted by Crippen LogP contribution is 2.36. The quantitative estimate of drug-likeness (QED) is 0.694. The molecule has 0 bridgehead atoms. The number of amides is 1. The lowest BCUT2D eigenvalue weighted by Gasteiger charge is -2.44. The molecule has 5 nitrogen and oxygen atoms in total. The third-order valence-electron chi connectivity index (χ3n) is 5.65. The molecule has 28 heavy (non-hydrogen) atoms. The van der Waals surface area contributed by atoms with Gasteiger partial charge in [-0.15, -0.1) is 10.2 Å². The molecule has 1 aliphatic carbocycles. The van der Waals surface area contributed by atoms with Crippen molar-refractivity contribution in [2.24, 2.45) is 5.92 Å². The lowest BCUT2D eigenvalue weighted by molar-refractivity contribution is -0.134. The molecule has 1 aliphatic heterocycles. The third kappa shape index (κ3) is 4.84. The zero-order chi connectivity index (χ0) is 19.3. The molecular weight excluding hydrogens is 395 g/mol. The predicted octanol–water partition coefficient (Wildman–Crippen LogP) is 4.56. The Balaban J connectivity index is 1.27. The van der Waals surface area contributed by atoms with Gasteiger partial charge < -0.3 is 10.2 Å². The van der Waals surface area contributed by atoms with Crippen molar-refractivity contribution in [3.05, 3.63) is 35.6 Å². The van der Waals surface area contributed by atoms with Gasteiger partial charge in [-0.2, -0.15) is 0 Å². The molecule has 2 aromatic rings. The largest absolute Gasteiger partial charge is 0.356 e. The molecule has 1 N–H and O–H groups in total. The van der Waals surface area contributed by atoms with Crippen LogP contribution in [-0.4, -0.2) is 39.3 Å². The Morgan fingerprint density at radius 3 is 2.82 bits per heavy atom. The lowest BCUT2D eigenvalue weighted by atomic mass is 9.78. The van der Waals surface area contributed by atoms with Crippen LogP contribution >= 0.6 is 23.1 Å². The fraction of sp³-hybridized carbons (Fsp3) is 0.550. The van der Waals surface area contributed by atoms with Gasteiger partial charge in [-0.25, -0.2) is 4.39 Å². The number of carbonyl (C=O) groups is 1. The molecule has 1 amide bonds. The van der Waals surface area contributed by atoms with Gasteiger partial charge in [0.1, 0.15) is 5.82 Å². The van der Waals surface area contributed by atoms with Crippen LogP contribution in [-0.2, 0) is 11.3 Å². The molecular formula is C20H25FN4OS2. The van der Waals surface area contributed by atoms with E-state index in [0.717, 1.165) is 29.3 Å². The van der Waals surface area contributed by atoms with Crippen molar-refractivity contribution in [3.63, 3.8) is 0 Å². The van der Waals surface area contributed by atoms with Crippen LogP contribution in [0.25, 0.3) is 0 Å². The minimum Gasteiger partial charge on any atom is -0.356 e. The van der Waals surface area contributed by atoms with Crippen LogP contribution in [0.15, 0.2) is 28.6 Å². The molecule has 2 fully saturated rings. The predicted molar refractivity (Wildman–Crippen MR) is 111 cm³/mol. The molecule has 2 unspecified atom stereocenters. The fourth-order valence-electron chi connectivity index (χ4n) is 4.26. The number of piperidine rings is 1. The van der Waals surface area contributed by atoms with E-state index >= 15 is 0 Å². The minimum absolute atomic E-state index is 0.234. The molecule has 1 aromatic carbocycles. The highest BCUT2D eigenvalue weighted by molar-refractivity contribution is 8.01. The number of nitrogens with one attached hydrogen (secondary N) is 1. The van der Waals surface area contributed by atoms with Crippen LogP contribution in [0.5, 0.6) is 0 Å². The van der Waals surface area contributed by atoms with Crippen molar-refractivity contribution in [1.29, 1.82) is 0 Å². The number of aromatic nitrogens is 2. The standard InChI is InChI=1S/C20H25FN4OS2/c21-16-9-7-14(8-10-16)12-22-19-23-24-20(28-19)27-13-18(26)25-11-3-5-15-4-1-2-6-17(15)25/h7-10,15,17H,1-6,11-13H2,(H,22,23). The first kappa shape index (κ1) is 19.6. The van der Waals surface area contributed by atoms with E-state index in [9.17, 15) is 9.18 Å². The second-order valence-corrected chi connectivity index (χ2v) is 9.68. The molecule has 2 aliphatic rings. The monoisotopic (exact) mass is 420 g/mol. The summed E-state index contributed by atoms with van der Waals surface area (Å²) in [6, 6.07) is 6.84. The fourth-order valence-corrected chi connectivity index (χ4v) is 5.89. The summed E-state index contributed by atoms with van der Waals surface area (Å²) in [5.74, 6) is 1.13. The first-order valence-electron chi connectivity index (χ1n) is 9.93. The number of nitrogens with zero attached hydrogens (tertiary/aromatic N) is 3. The van der Waals surface area contributed by atoms with Crippen LogP contribution < -0.4 is 5.32 Å². The third-order valence-corrected chi connectivity index (χ3v) is 7.65. The maximum Gasteiger partial charge on any atom is 0.233 e. The number of benzene rings is 1. The summed E-state index contributed by atoms with van der Waals surface area (Å²) in [7, 11) is 0. The number of hydrogen-bond acceptors (Lipinski definition) is 6. The van der Waals surface area contributed by atoms with Crippen LogP contribution in [0.2, 0.25) is 0 Å². The van der Waals surface area contributed by atoms with Gasteiger partial charge in [0, 0.05) is 19.1 Å². The molecule has 0 radical (unpaired) electrons. The molecule has 150 valence electrons. The Kier molecular flexibility index (Phi) is 6.47. The van der Waals surface area contributed by atoms with Crippen molar-refractivity contribution in [2.75, 3.05) is 17.6 Å². The summed E-state index contributed by atoms with van der Waals surface area (Å²) in [4.78, 5) is 14.9. The number of rotatable bonds is 6. The Hall–Kier alpha value is -1.67. The van der Waals surface area contributed by atoms with E-state index < -0.39 is 0 Å². The number of anilines is 1. The normalized spacial score (nSPS) is 22.0. The molecule has 2 atom stereocenters. The molecule has 8 heteroatoms. The second kappa shape index (κ2) is 9.22. The van der Waals surface area contributed by atoms with E-state index in [4.69, 9.17) is 0 Å².